The van der Waals surface area contributed by atoms with Gasteiger partial charge in [0.15, 0.2) is 0 Å². The normalized spacial score (nSPS) is 36.3. The average molecular weight is 148 g/mol. The van der Waals surface area contributed by atoms with Crippen LogP contribution in [0.15, 0.2) is 23.8 Å². The number of rotatable bonds is 0. The predicted octanol–water partition coefficient (Wildman–Crippen LogP) is 3.31. The molecule has 1 saturated carbocycles. The molecule has 2 atom stereocenters. The van der Waals surface area contributed by atoms with E-state index in [9.17, 15) is 0 Å². The van der Waals surface area contributed by atoms with Gasteiger partial charge >= 0.3 is 0 Å². The Morgan fingerprint density at radius 2 is 2.27 bits per heavy atom. The van der Waals surface area contributed by atoms with Crippen molar-refractivity contribution in [2.24, 2.45) is 11.8 Å². The van der Waals surface area contributed by atoms with E-state index >= 15 is 0 Å². The maximum absolute atomic E-state index is 2.37. The van der Waals surface area contributed by atoms with E-state index in [0.29, 0.717) is 0 Å². The maximum atomic E-state index is 2.37. The summed E-state index contributed by atoms with van der Waals surface area (Å²) in [5.41, 5.74) is 1.72. The highest BCUT2D eigenvalue weighted by Gasteiger charge is 2.23. The van der Waals surface area contributed by atoms with Gasteiger partial charge in [-0.05, 0) is 31.1 Å². The smallest absolute Gasteiger partial charge is 0.0163 e. The second-order valence-electron chi connectivity index (χ2n) is 3.86. The van der Waals surface area contributed by atoms with Crippen molar-refractivity contribution < 1.29 is 0 Å². The molecular weight excluding hydrogens is 132 g/mol. The fourth-order valence-corrected chi connectivity index (χ4v) is 2.38. The fraction of sp³-hybridized carbons (Fsp3) is 0.636. The summed E-state index contributed by atoms with van der Waals surface area (Å²) < 4.78 is 0. The first kappa shape index (κ1) is 7.15. The number of fused-ring (bicyclic) bond motifs is 1. The van der Waals surface area contributed by atoms with Gasteiger partial charge in [-0.3, -0.25) is 0 Å². The van der Waals surface area contributed by atoms with Gasteiger partial charge in [0.25, 0.3) is 0 Å². The molecule has 60 valence electrons. The summed E-state index contributed by atoms with van der Waals surface area (Å²) in [5, 5.41) is 0. The van der Waals surface area contributed by atoms with Crippen LogP contribution in [0.4, 0.5) is 0 Å². The lowest BCUT2D eigenvalue weighted by Crippen LogP contribution is -2.18. The molecule has 0 aromatic carbocycles. The molecule has 2 rings (SSSR count). The molecular formula is C11H16. The molecule has 0 amide bonds. The Labute approximate surface area is 69.0 Å². The van der Waals surface area contributed by atoms with Crippen molar-refractivity contribution in [1.82, 2.24) is 0 Å². The van der Waals surface area contributed by atoms with Gasteiger partial charge in [-0.15, -0.1) is 0 Å². The molecule has 0 aromatic rings. The third-order valence-corrected chi connectivity index (χ3v) is 3.08. The molecule has 2 aliphatic carbocycles. The molecule has 2 unspecified atom stereocenters. The summed E-state index contributed by atoms with van der Waals surface area (Å²) in [4.78, 5) is 0. The summed E-state index contributed by atoms with van der Waals surface area (Å²) in [5.74, 6) is 1.77. The van der Waals surface area contributed by atoms with Gasteiger partial charge in [0, 0.05) is 0 Å². The lowest BCUT2D eigenvalue weighted by Gasteiger charge is -2.31. The van der Waals surface area contributed by atoms with Crippen LogP contribution in [-0.2, 0) is 0 Å². The Balaban J connectivity index is 2.20. The highest BCUT2D eigenvalue weighted by Crippen LogP contribution is 2.37. The van der Waals surface area contributed by atoms with Gasteiger partial charge in [-0.1, -0.05) is 37.1 Å². The average Bonchev–Trinajstić information content (AvgIpc) is 2.06. The zero-order valence-electron chi connectivity index (χ0n) is 7.22. The predicted molar refractivity (Wildman–Crippen MR) is 48.3 cm³/mol. The second kappa shape index (κ2) is 2.84. The number of hydrogen-bond donors (Lipinski definition) is 0. The van der Waals surface area contributed by atoms with Crippen molar-refractivity contribution in [1.29, 1.82) is 0 Å². The first-order valence-electron chi connectivity index (χ1n) is 4.74. The van der Waals surface area contributed by atoms with Crippen LogP contribution in [0, 0.1) is 11.8 Å². The first-order chi connectivity index (χ1) is 5.38. The third-order valence-electron chi connectivity index (χ3n) is 3.08. The van der Waals surface area contributed by atoms with Crippen molar-refractivity contribution in [3.63, 3.8) is 0 Å². The van der Waals surface area contributed by atoms with Crippen LogP contribution in [0.2, 0.25) is 0 Å². The van der Waals surface area contributed by atoms with Crippen molar-refractivity contribution in [2.75, 3.05) is 0 Å². The van der Waals surface area contributed by atoms with Crippen LogP contribution in [0.25, 0.3) is 0 Å². The number of allylic oxidation sites excluding steroid dienone is 4. The molecule has 0 heterocycles. The van der Waals surface area contributed by atoms with Crippen LogP contribution in [0.3, 0.4) is 0 Å². The topological polar surface area (TPSA) is 0 Å². The minimum absolute atomic E-state index is 0.860. The molecule has 0 radical (unpaired) electrons. The minimum Gasteiger partial charge on any atom is -0.0839 e. The lowest BCUT2D eigenvalue weighted by atomic mass is 9.74. The minimum atomic E-state index is 0.860. The van der Waals surface area contributed by atoms with Crippen molar-refractivity contribution >= 4 is 0 Å². The van der Waals surface area contributed by atoms with Crippen LogP contribution in [0.1, 0.15) is 32.6 Å². The summed E-state index contributed by atoms with van der Waals surface area (Å²) in [6.45, 7) is 2.37. The highest BCUT2D eigenvalue weighted by molar-refractivity contribution is 5.23. The monoisotopic (exact) mass is 148 g/mol. The largest absolute Gasteiger partial charge is 0.0839 e. The standard InChI is InChI=1S/C11H16/c1-9-5-4-7-10-6-2-3-8-11(9)10/h2-3,8-10H,4-7H2,1H3. The first-order valence-corrected chi connectivity index (χ1v) is 4.74. The zero-order chi connectivity index (χ0) is 7.68. The summed E-state index contributed by atoms with van der Waals surface area (Å²) in [7, 11) is 0. The van der Waals surface area contributed by atoms with Gasteiger partial charge in [-0.2, -0.15) is 0 Å². The second-order valence-corrected chi connectivity index (χ2v) is 3.86. The van der Waals surface area contributed by atoms with E-state index in [-0.39, 0.29) is 0 Å². The van der Waals surface area contributed by atoms with Gasteiger partial charge in [-0.25, -0.2) is 0 Å². The van der Waals surface area contributed by atoms with Gasteiger partial charge in [0.2, 0.25) is 0 Å². The Morgan fingerprint density at radius 1 is 1.36 bits per heavy atom. The molecule has 0 bridgehead atoms. The van der Waals surface area contributed by atoms with Crippen LogP contribution in [0.5, 0.6) is 0 Å². The lowest BCUT2D eigenvalue weighted by molar-refractivity contribution is 0.383. The van der Waals surface area contributed by atoms with Gasteiger partial charge < -0.3 is 0 Å². The molecule has 1 fully saturated rings. The van der Waals surface area contributed by atoms with Gasteiger partial charge in [0.05, 0.1) is 0 Å². The Hall–Kier alpha value is -0.520. The van der Waals surface area contributed by atoms with Gasteiger partial charge in [0.1, 0.15) is 0 Å². The zero-order valence-corrected chi connectivity index (χ0v) is 7.22. The Bertz CT molecular complexity index is 198. The molecule has 0 saturated heterocycles. The van der Waals surface area contributed by atoms with Crippen molar-refractivity contribution in [2.45, 2.75) is 32.6 Å². The van der Waals surface area contributed by atoms with Crippen LogP contribution in [-0.4, -0.2) is 0 Å². The molecule has 0 spiro atoms. The molecule has 0 heteroatoms. The SMILES string of the molecule is CC1CCCC2CC=CC=C12. The number of hydrogen-bond acceptors (Lipinski definition) is 0. The van der Waals surface area contributed by atoms with E-state index in [1.54, 1.807) is 5.57 Å². The Kier molecular flexibility index (Phi) is 1.85. The van der Waals surface area contributed by atoms with Crippen molar-refractivity contribution in [3.8, 4) is 0 Å². The van der Waals surface area contributed by atoms with E-state index in [2.05, 4.69) is 25.2 Å². The van der Waals surface area contributed by atoms with Crippen molar-refractivity contribution in [3.05, 3.63) is 23.8 Å². The molecule has 2 aliphatic rings. The highest BCUT2D eigenvalue weighted by atomic mass is 14.3. The van der Waals surface area contributed by atoms with Crippen LogP contribution < -0.4 is 0 Å². The molecule has 0 nitrogen and oxygen atoms in total. The molecule has 0 aliphatic heterocycles. The summed E-state index contributed by atoms with van der Waals surface area (Å²) in [6, 6.07) is 0. The molecule has 0 aromatic heterocycles. The van der Waals surface area contributed by atoms with E-state index in [0.717, 1.165) is 11.8 Å². The molecule has 0 N–H and O–H groups in total. The fourth-order valence-electron chi connectivity index (χ4n) is 2.38. The van der Waals surface area contributed by atoms with Crippen LogP contribution >= 0.6 is 0 Å². The maximum Gasteiger partial charge on any atom is -0.0163 e. The van der Waals surface area contributed by atoms with E-state index < -0.39 is 0 Å². The van der Waals surface area contributed by atoms with E-state index in [1.165, 1.54) is 25.7 Å². The summed E-state index contributed by atoms with van der Waals surface area (Å²) >= 11 is 0. The molecule has 11 heavy (non-hydrogen) atoms. The Morgan fingerprint density at radius 3 is 3.09 bits per heavy atom. The van der Waals surface area contributed by atoms with E-state index in [4.69, 9.17) is 0 Å². The summed E-state index contributed by atoms with van der Waals surface area (Å²) in [6.07, 6.45) is 12.5. The quantitative estimate of drug-likeness (QED) is 0.494. The van der Waals surface area contributed by atoms with E-state index in [1.807, 2.05) is 0 Å². The third kappa shape index (κ3) is 1.26.